The van der Waals surface area contributed by atoms with E-state index in [1.807, 2.05) is 0 Å². The van der Waals surface area contributed by atoms with Crippen LogP contribution in [0.4, 0.5) is 8.78 Å². The second-order valence-corrected chi connectivity index (χ2v) is 8.33. The molecule has 2 heterocycles. The number of rotatable bonds is 7. The van der Waals surface area contributed by atoms with Gasteiger partial charge in [-0.3, -0.25) is 9.69 Å². The maximum absolute atomic E-state index is 12.3. The summed E-state index contributed by atoms with van der Waals surface area (Å²) in [6.07, 6.45) is 4.12. The molecule has 1 aliphatic carbocycles. The van der Waals surface area contributed by atoms with E-state index < -0.39 is 13.0 Å². The Morgan fingerprint density at radius 1 is 1.38 bits per heavy atom. The van der Waals surface area contributed by atoms with E-state index in [9.17, 15) is 13.6 Å². The molecule has 1 aromatic rings. The molecule has 1 amide bonds. The van der Waals surface area contributed by atoms with Gasteiger partial charge in [-0.1, -0.05) is 11.3 Å². The average Bonchev–Trinajstić information content (AvgIpc) is 3.01. The third-order valence-electron chi connectivity index (χ3n) is 5.23. The monoisotopic (exact) mass is 387 g/mol. The lowest BCUT2D eigenvalue weighted by Crippen LogP contribution is -2.37. The van der Waals surface area contributed by atoms with Crippen molar-refractivity contribution in [3.63, 3.8) is 0 Å². The van der Waals surface area contributed by atoms with Crippen molar-refractivity contribution in [2.75, 3.05) is 19.7 Å². The van der Waals surface area contributed by atoms with E-state index in [0.29, 0.717) is 11.2 Å². The third-order valence-corrected chi connectivity index (χ3v) is 6.30. The summed E-state index contributed by atoms with van der Waals surface area (Å²) in [6.45, 7) is 3.81. The molecule has 1 aromatic heterocycles. The highest BCUT2D eigenvalue weighted by Gasteiger charge is 2.25. The van der Waals surface area contributed by atoms with Crippen LogP contribution in [0.1, 0.15) is 49.6 Å². The summed E-state index contributed by atoms with van der Waals surface area (Å²) >= 11 is 1.40. The fourth-order valence-electron chi connectivity index (χ4n) is 3.86. The molecular weight excluding hydrogens is 360 g/mol. The summed E-state index contributed by atoms with van der Waals surface area (Å²) in [4.78, 5) is 19.1. The van der Waals surface area contributed by atoms with Gasteiger partial charge < -0.3 is 10.1 Å². The largest absolute Gasteiger partial charge is 0.464 e. The van der Waals surface area contributed by atoms with Crippen molar-refractivity contribution in [3.8, 4) is 5.19 Å². The first-order valence-electron chi connectivity index (χ1n) is 9.38. The third kappa shape index (κ3) is 5.61. The summed E-state index contributed by atoms with van der Waals surface area (Å²) < 4.78 is 29.6. The van der Waals surface area contributed by atoms with Crippen molar-refractivity contribution in [1.29, 1.82) is 0 Å². The van der Waals surface area contributed by atoms with Crippen LogP contribution in [0.2, 0.25) is 0 Å². The number of aromatic nitrogens is 1. The van der Waals surface area contributed by atoms with Crippen LogP contribution in [-0.4, -0.2) is 48.0 Å². The number of hydrogen-bond donors (Lipinski definition) is 1. The van der Waals surface area contributed by atoms with Gasteiger partial charge in [0.15, 0.2) is 6.61 Å². The smallest absolute Gasteiger partial charge is 0.273 e. The normalized spacial score (nSPS) is 23.7. The zero-order valence-electron chi connectivity index (χ0n) is 15.2. The minimum Gasteiger partial charge on any atom is -0.464 e. The molecule has 0 saturated heterocycles. The van der Waals surface area contributed by atoms with E-state index in [4.69, 9.17) is 4.74 Å². The van der Waals surface area contributed by atoms with Crippen LogP contribution < -0.4 is 10.1 Å². The van der Waals surface area contributed by atoms with Crippen LogP contribution in [0.25, 0.3) is 0 Å². The molecule has 0 spiro atoms. The molecular formula is C18H27F2N3O2S. The summed E-state index contributed by atoms with van der Waals surface area (Å²) in [5, 5.41) is 3.39. The average molecular weight is 387 g/mol. The van der Waals surface area contributed by atoms with Crippen LogP contribution in [0.5, 0.6) is 5.19 Å². The summed E-state index contributed by atoms with van der Waals surface area (Å²) in [6, 6.07) is 0.350. The number of nitrogens with zero attached hydrogens (tertiary/aromatic N) is 2. The number of halogens is 2. The molecule has 1 N–H and O–H groups in total. The van der Waals surface area contributed by atoms with E-state index in [0.717, 1.165) is 50.5 Å². The Labute approximate surface area is 157 Å². The van der Waals surface area contributed by atoms with Crippen molar-refractivity contribution in [1.82, 2.24) is 15.2 Å². The van der Waals surface area contributed by atoms with Crippen LogP contribution in [-0.2, 0) is 17.8 Å². The molecule has 8 heteroatoms. The minimum atomic E-state index is -2.46. The van der Waals surface area contributed by atoms with Crippen molar-refractivity contribution in [2.45, 2.75) is 64.5 Å². The van der Waals surface area contributed by atoms with Gasteiger partial charge in [-0.05, 0) is 51.0 Å². The van der Waals surface area contributed by atoms with Crippen LogP contribution >= 0.6 is 11.3 Å². The first kappa shape index (κ1) is 19.5. The number of carbonyl (C=O) groups is 1. The molecule has 0 unspecified atom stereocenters. The molecule has 3 rings (SSSR count). The highest BCUT2D eigenvalue weighted by molar-refractivity contribution is 7.13. The highest BCUT2D eigenvalue weighted by Crippen LogP contribution is 2.31. The van der Waals surface area contributed by atoms with Crippen LogP contribution in [0.3, 0.4) is 0 Å². The standard InChI is InChI=1S/C18H27F2N3O2S/c1-12(24)21-14-4-2-13(3-5-14)6-8-23-9-7-16-15(10-23)22-18(26-16)25-11-17(19)20/h13-14,17H,2-11H2,1H3,(H,21,24)/t13-,14-. The van der Waals surface area contributed by atoms with Gasteiger partial charge in [0, 0.05) is 30.9 Å². The van der Waals surface area contributed by atoms with E-state index in [1.54, 1.807) is 6.92 Å². The number of fused-ring (bicyclic) bond motifs is 1. The Morgan fingerprint density at radius 2 is 2.15 bits per heavy atom. The lowest BCUT2D eigenvalue weighted by molar-refractivity contribution is -0.119. The number of nitrogens with one attached hydrogen (secondary N) is 1. The fourth-order valence-corrected chi connectivity index (χ4v) is 4.78. The van der Waals surface area contributed by atoms with Gasteiger partial charge in [0.05, 0.1) is 5.69 Å². The first-order valence-corrected chi connectivity index (χ1v) is 10.2. The predicted molar refractivity (Wildman–Crippen MR) is 96.8 cm³/mol. The molecule has 26 heavy (non-hydrogen) atoms. The second-order valence-electron chi connectivity index (χ2n) is 7.28. The van der Waals surface area contributed by atoms with Gasteiger partial charge >= 0.3 is 0 Å². The lowest BCUT2D eigenvalue weighted by Gasteiger charge is -2.31. The second kappa shape index (κ2) is 9.08. The topological polar surface area (TPSA) is 54.5 Å². The lowest BCUT2D eigenvalue weighted by atomic mass is 9.84. The van der Waals surface area contributed by atoms with Gasteiger partial charge in [-0.25, -0.2) is 13.8 Å². The number of hydrogen-bond acceptors (Lipinski definition) is 5. The molecule has 2 aliphatic rings. The number of ether oxygens (including phenoxy) is 1. The van der Waals surface area contributed by atoms with E-state index in [-0.39, 0.29) is 5.91 Å². The predicted octanol–water partition coefficient (Wildman–Crippen LogP) is 3.23. The SMILES string of the molecule is CC(=O)N[C@H]1CC[C@H](CCN2CCc3sc(OCC(F)F)nc3C2)CC1. The summed E-state index contributed by atoms with van der Waals surface area (Å²) in [5.74, 6) is 0.791. The minimum absolute atomic E-state index is 0.0673. The Kier molecular flexibility index (Phi) is 6.80. The Hall–Kier alpha value is -1.28. The fraction of sp³-hybridized carbons (Fsp3) is 0.778. The van der Waals surface area contributed by atoms with Crippen molar-refractivity contribution in [2.24, 2.45) is 5.92 Å². The molecule has 0 bridgehead atoms. The van der Waals surface area contributed by atoms with E-state index >= 15 is 0 Å². The molecule has 5 nitrogen and oxygen atoms in total. The quantitative estimate of drug-likeness (QED) is 0.781. The van der Waals surface area contributed by atoms with E-state index in [2.05, 4.69) is 15.2 Å². The first-order chi connectivity index (χ1) is 12.5. The zero-order valence-corrected chi connectivity index (χ0v) is 16.0. The maximum Gasteiger partial charge on any atom is 0.273 e. The van der Waals surface area contributed by atoms with Gasteiger partial charge in [-0.15, -0.1) is 0 Å². The van der Waals surface area contributed by atoms with Gasteiger partial charge in [0.2, 0.25) is 5.91 Å². The highest BCUT2D eigenvalue weighted by atomic mass is 32.1. The van der Waals surface area contributed by atoms with Crippen LogP contribution in [0, 0.1) is 5.92 Å². The van der Waals surface area contributed by atoms with Gasteiger partial charge in [0.1, 0.15) is 0 Å². The molecule has 0 radical (unpaired) electrons. The van der Waals surface area contributed by atoms with Crippen molar-refractivity contribution >= 4 is 17.2 Å². The maximum atomic E-state index is 12.3. The van der Waals surface area contributed by atoms with Crippen molar-refractivity contribution in [3.05, 3.63) is 10.6 Å². The summed E-state index contributed by atoms with van der Waals surface area (Å²) in [5.41, 5.74) is 0.986. The zero-order chi connectivity index (χ0) is 18.5. The number of alkyl halides is 2. The molecule has 1 aliphatic heterocycles. The van der Waals surface area contributed by atoms with Crippen LogP contribution in [0.15, 0.2) is 0 Å². The summed E-state index contributed by atoms with van der Waals surface area (Å²) in [7, 11) is 0. The van der Waals surface area contributed by atoms with Gasteiger partial charge in [0.25, 0.3) is 11.6 Å². The Morgan fingerprint density at radius 3 is 2.85 bits per heavy atom. The van der Waals surface area contributed by atoms with E-state index in [1.165, 1.54) is 35.5 Å². The number of thiazole rings is 1. The van der Waals surface area contributed by atoms with Gasteiger partial charge in [-0.2, -0.15) is 0 Å². The number of carbonyl (C=O) groups excluding carboxylic acids is 1. The molecule has 0 atom stereocenters. The Balaban J connectivity index is 1.40. The molecule has 146 valence electrons. The number of amides is 1. The molecule has 0 aromatic carbocycles. The van der Waals surface area contributed by atoms with Crippen molar-refractivity contribution < 1.29 is 18.3 Å². The molecule has 1 fully saturated rings. The molecule has 1 saturated carbocycles. The Bertz CT molecular complexity index is 603.